The van der Waals surface area contributed by atoms with Gasteiger partial charge in [-0.15, -0.1) is 0 Å². The van der Waals surface area contributed by atoms with E-state index in [2.05, 4.69) is 20.2 Å². The molecule has 0 aliphatic rings. The molecule has 6 heteroatoms. The fraction of sp³-hybridized carbons (Fsp3) is 0.0769. The lowest BCUT2D eigenvalue weighted by Gasteiger charge is -2.04. The van der Waals surface area contributed by atoms with Gasteiger partial charge in [0.15, 0.2) is 11.4 Å². The van der Waals surface area contributed by atoms with Crippen molar-refractivity contribution in [3.05, 3.63) is 36.0 Å². The Morgan fingerprint density at radius 2 is 1.95 bits per heavy atom. The van der Waals surface area contributed by atoms with Gasteiger partial charge in [-0.1, -0.05) is 24.3 Å². The van der Waals surface area contributed by atoms with Gasteiger partial charge >= 0.3 is 0 Å². The molecule has 0 amide bonds. The molecule has 0 saturated carbocycles. The van der Waals surface area contributed by atoms with Crippen LogP contribution in [0, 0.1) is 0 Å². The van der Waals surface area contributed by atoms with Gasteiger partial charge in [-0.05, 0) is 6.92 Å². The van der Waals surface area contributed by atoms with E-state index < -0.39 is 0 Å². The zero-order chi connectivity index (χ0) is 13.4. The molecule has 0 saturated heterocycles. The molecule has 94 valence electrons. The van der Waals surface area contributed by atoms with Crippen LogP contribution < -0.4 is 5.73 Å². The standard InChI is InChI=1S/C13H11N5O/c1-7(19)8-2-4-9(5-3-8)11-10-6-15-18-12(10)17-13(14)16-11/h2-6H,1H3,(H3,14,15,16,17,18). The van der Waals surface area contributed by atoms with Crippen LogP contribution in [0.5, 0.6) is 0 Å². The number of anilines is 1. The molecule has 6 nitrogen and oxygen atoms in total. The molecule has 0 radical (unpaired) electrons. The molecule has 0 aliphatic heterocycles. The van der Waals surface area contributed by atoms with Crippen LogP contribution in [-0.2, 0) is 0 Å². The Kier molecular flexibility index (Phi) is 2.49. The average molecular weight is 253 g/mol. The van der Waals surface area contributed by atoms with Crippen molar-refractivity contribution < 1.29 is 4.79 Å². The van der Waals surface area contributed by atoms with Gasteiger partial charge in [0.1, 0.15) is 0 Å². The second-order valence-corrected chi connectivity index (χ2v) is 4.20. The van der Waals surface area contributed by atoms with E-state index in [0.29, 0.717) is 16.9 Å². The summed E-state index contributed by atoms with van der Waals surface area (Å²) in [5, 5.41) is 7.50. The van der Waals surface area contributed by atoms with Gasteiger partial charge in [0.25, 0.3) is 0 Å². The molecule has 3 aromatic rings. The smallest absolute Gasteiger partial charge is 0.222 e. The van der Waals surface area contributed by atoms with Crippen molar-refractivity contribution in [1.82, 2.24) is 20.2 Å². The molecular formula is C13H11N5O. The number of hydrogen-bond donors (Lipinski definition) is 2. The van der Waals surface area contributed by atoms with E-state index in [1.807, 2.05) is 12.1 Å². The van der Waals surface area contributed by atoms with E-state index in [4.69, 9.17) is 5.73 Å². The summed E-state index contributed by atoms with van der Waals surface area (Å²) in [7, 11) is 0. The Morgan fingerprint density at radius 3 is 2.63 bits per heavy atom. The van der Waals surface area contributed by atoms with E-state index in [1.54, 1.807) is 18.3 Å². The van der Waals surface area contributed by atoms with Crippen LogP contribution in [0.1, 0.15) is 17.3 Å². The number of H-pyrrole nitrogens is 1. The number of hydrogen-bond acceptors (Lipinski definition) is 5. The van der Waals surface area contributed by atoms with Crippen molar-refractivity contribution >= 4 is 22.8 Å². The lowest BCUT2D eigenvalue weighted by atomic mass is 10.1. The maximum atomic E-state index is 11.3. The highest BCUT2D eigenvalue weighted by atomic mass is 16.1. The summed E-state index contributed by atoms with van der Waals surface area (Å²) in [6.07, 6.45) is 1.66. The van der Waals surface area contributed by atoms with Crippen LogP contribution in [0.15, 0.2) is 30.5 Å². The molecule has 19 heavy (non-hydrogen) atoms. The van der Waals surface area contributed by atoms with Gasteiger partial charge in [0, 0.05) is 11.1 Å². The minimum Gasteiger partial charge on any atom is -0.368 e. The molecule has 0 bridgehead atoms. The Morgan fingerprint density at radius 1 is 1.21 bits per heavy atom. The molecule has 0 atom stereocenters. The monoisotopic (exact) mass is 253 g/mol. The molecule has 3 rings (SSSR count). The molecule has 1 aromatic carbocycles. The number of carbonyl (C=O) groups excluding carboxylic acids is 1. The van der Waals surface area contributed by atoms with E-state index in [0.717, 1.165) is 10.9 Å². The summed E-state index contributed by atoms with van der Waals surface area (Å²) in [6.45, 7) is 1.53. The normalized spacial score (nSPS) is 10.8. The van der Waals surface area contributed by atoms with Gasteiger partial charge in [-0.3, -0.25) is 9.89 Å². The second kappa shape index (κ2) is 4.16. The third kappa shape index (κ3) is 1.93. The SMILES string of the molecule is CC(=O)c1ccc(-c2nc(N)nc3[nH]ncc23)cc1. The summed E-state index contributed by atoms with van der Waals surface area (Å²) in [5.74, 6) is 0.213. The predicted molar refractivity (Wildman–Crippen MR) is 71.5 cm³/mol. The number of rotatable bonds is 2. The number of nitrogen functional groups attached to an aromatic ring is 1. The first-order valence-corrected chi connectivity index (χ1v) is 5.73. The van der Waals surface area contributed by atoms with Crippen molar-refractivity contribution in [2.24, 2.45) is 0 Å². The van der Waals surface area contributed by atoms with E-state index in [1.165, 1.54) is 6.92 Å². The fourth-order valence-electron chi connectivity index (χ4n) is 1.94. The average Bonchev–Trinajstić information content (AvgIpc) is 2.85. The fourth-order valence-corrected chi connectivity index (χ4v) is 1.94. The van der Waals surface area contributed by atoms with Crippen molar-refractivity contribution in [2.75, 3.05) is 5.73 Å². The van der Waals surface area contributed by atoms with Gasteiger partial charge in [0.2, 0.25) is 5.95 Å². The van der Waals surface area contributed by atoms with Crippen LogP contribution in [-0.4, -0.2) is 25.9 Å². The van der Waals surface area contributed by atoms with Crippen molar-refractivity contribution in [2.45, 2.75) is 6.92 Å². The maximum absolute atomic E-state index is 11.3. The van der Waals surface area contributed by atoms with Crippen molar-refractivity contribution in [3.8, 4) is 11.3 Å². The van der Waals surface area contributed by atoms with Crippen molar-refractivity contribution in [3.63, 3.8) is 0 Å². The molecule has 0 fully saturated rings. The number of nitrogens with one attached hydrogen (secondary N) is 1. The van der Waals surface area contributed by atoms with Crippen LogP contribution >= 0.6 is 0 Å². The van der Waals surface area contributed by atoms with Gasteiger partial charge in [0.05, 0.1) is 17.3 Å². The largest absolute Gasteiger partial charge is 0.368 e. The molecule has 3 N–H and O–H groups in total. The highest BCUT2D eigenvalue weighted by Gasteiger charge is 2.10. The minimum absolute atomic E-state index is 0.0298. The molecule has 2 aromatic heterocycles. The number of nitrogens with two attached hydrogens (primary N) is 1. The Labute approximate surface area is 108 Å². The van der Waals surface area contributed by atoms with Crippen LogP contribution in [0.4, 0.5) is 5.95 Å². The summed E-state index contributed by atoms with van der Waals surface area (Å²) < 4.78 is 0. The third-order valence-corrected chi connectivity index (χ3v) is 2.89. The quantitative estimate of drug-likeness (QED) is 0.679. The van der Waals surface area contributed by atoms with E-state index >= 15 is 0 Å². The van der Waals surface area contributed by atoms with Crippen LogP contribution in [0.3, 0.4) is 0 Å². The number of aromatic nitrogens is 4. The highest BCUT2D eigenvalue weighted by Crippen LogP contribution is 2.25. The first-order chi connectivity index (χ1) is 9.15. The van der Waals surface area contributed by atoms with Crippen LogP contribution in [0.2, 0.25) is 0 Å². The highest BCUT2D eigenvalue weighted by molar-refractivity contribution is 5.95. The van der Waals surface area contributed by atoms with Gasteiger partial charge in [-0.25, -0.2) is 4.98 Å². The first-order valence-electron chi connectivity index (χ1n) is 5.73. The number of aromatic amines is 1. The third-order valence-electron chi connectivity index (χ3n) is 2.89. The Bertz CT molecular complexity index is 760. The molecular weight excluding hydrogens is 242 g/mol. The zero-order valence-electron chi connectivity index (χ0n) is 10.2. The number of ketones is 1. The number of Topliss-reactive ketones (excluding diaryl/α,β-unsaturated/α-hetero) is 1. The second-order valence-electron chi connectivity index (χ2n) is 4.20. The summed E-state index contributed by atoms with van der Waals surface area (Å²) >= 11 is 0. The molecule has 0 unspecified atom stereocenters. The molecule has 0 aliphatic carbocycles. The first kappa shape index (κ1) is 11.3. The Balaban J connectivity index is 2.18. The predicted octanol–water partition coefficient (Wildman–Crippen LogP) is 1.80. The summed E-state index contributed by atoms with van der Waals surface area (Å²) in [4.78, 5) is 19.6. The minimum atomic E-state index is 0.0298. The number of benzene rings is 1. The molecule has 0 spiro atoms. The topological polar surface area (TPSA) is 97.5 Å². The Hall–Kier alpha value is -2.76. The lowest BCUT2D eigenvalue weighted by Crippen LogP contribution is -1.98. The molecule has 2 heterocycles. The van der Waals surface area contributed by atoms with Gasteiger partial charge in [-0.2, -0.15) is 10.1 Å². The maximum Gasteiger partial charge on any atom is 0.222 e. The summed E-state index contributed by atoms with van der Waals surface area (Å²) in [6, 6.07) is 7.21. The van der Waals surface area contributed by atoms with E-state index in [9.17, 15) is 4.79 Å². The van der Waals surface area contributed by atoms with E-state index in [-0.39, 0.29) is 11.7 Å². The number of carbonyl (C=O) groups is 1. The number of fused-ring (bicyclic) bond motifs is 1. The number of nitrogens with zero attached hydrogens (tertiary/aromatic N) is 3. The zero-order valence-corrected chi connectivity index (χ0v) is 10.2. The van der Waals surface area contributed by atoms with Gasteiger partial charge < -0.3 is 5.73 Å². The summed E-state index contributed by atoms with van der Waals surface area (Å²) in [5.41, 5.74) is 8.50. The van der Waals surface area contributed by atoms with Crippen molar-refractivity contribution in [1.29, 1.82) is 0 Å². The lowest BCUT2D eigenvalue weighted by molar-refractivity contribution is 0.101. The van der Waals surface area contributed by atoms with Crippen LogP contribution in [0.25, 0.3) is 22.3 Å².